The highest BCUT2D eigenvalue weighted by atomic mass is 127. The van der Waals surface area contributed by atoms with Crippen LogP contribution in [0.1, 0.15) is 33.4 Å². The molecular formula is C16H33IN6S. The monoisotopic (exact) mass is 468 g/mol. The number of anilines is 1. The van der Waals surface area contributed by atoms with Gasteiger partial charge in [-0.2, -0.15) is 0 Å². The maximum absolute atomic E-state index is 4.56. The number of guanidine groups is 1. The van der Waals surface area contributed by atoms with Crippen molar-refractivity contribution in [2.75, 3.05) is 39.1 Å². The lowest BCUT2D eigenvalue weighted by Gasteiger charge is -2.30. The molecule has 1 heterocycles. The molecule has 0 atom stereocenters. The number of nitrogens with one attached hydrogen (secondary N) is 2. The van der Waals surface area contributed by atoms with Gasteiger partial charge in [0.15, 0.2) is 11.1 Å². The molecule has 0 saturated heterocycles. The van der Waals surface area contributed by atoms with E-state index in [1.54, 1.807) is 18.4 Å². The molecule has 2 N–H and O–H groups in total. The smallest absolute Gasteiger partial charge is 0.191 e. The van der Waals surface area contributed by atoms with Crippen molar-refractivity contribution in [1.29, 1.82) is 0 Å². The predicted octanol–water partition coefficient (Wildman–Crippen LogP) is 2.61. The number of rotatable bonds is 8. The summed E-state index contributed by atoms with van der Waals surface area (Å²) in [7, 11) is 5.81. The highest BCUT2D eigenvalue weighted by Gasteiger charge is 2.12. The van der Waals surface area contributed by atoms with Crippen molar-refractivity contribution in [2.24, 2.45) is 4.99 Å². The van der Waals surface area contributed by atoms with Crippen LogP contribution in [-0.2, 0) is 6.54 Å². The minimum atomic E-state index is 0. The van der Waals surface area contributed by atoms with Crippen LogP contribution in [-0.4, -0.2) is 62.2 Å². The maximum Gasteiger partial charge on any atom is 0.191 e. The maximum atomic E-state index is 4.56. The van der Waals surface area contributed by atoms with Crippen LogP contribution in [0, 0.1) is 0 Å². The molecule has 24 heavy (non-hydrogen) atoms. The van der Waals surface area contributed by atoms with Gasteiger partial charge < -0.3 is 15.5 Å². The van der Waals surface area contributed by atoms with E-state index in [0.29, 0.717) is 18.6 Å². The first-order chi connectivity index (χ1) is 10.8. The largest absolute Gasteiger partial charge is 0.355 e. The number of thiazole rings is 1. The highest BCUT2D eigenvalue weighted by molar-refractivity contribution is 14.0. The van der Waals surface area contributed by atoms with Crippen LogP contribution >= 0.6 is 35.3 Å². The SMILES string of the molecule is CN=C(NCCN(C(C)C)C(C)C)NCc1csc(N(C)C)n1.I. The van der Waals surface area contributed by atoms with Gasteiger partial charge in [0.25, 0.3) is 0 Å². The first-order valence-electron chi connectivity index (χ1n) is 8.17. The molecule has 0 aliphatic rings. The second kappa shape index (κ2) is 11.9. The minimum Gasteiger partial charge on any atom is -0.355 e. The number of hydrogen-bond acceptors (Lipinski definition) is 5. The zero-order valence-electron chi connectivity index (χ0n) is 16.0. The Balaban J connectivity index is 0.00000529. The normalized spacial score (nSPS) is 11.8. The van der Waals surface area contributed by atoms with Crippen LogP contribution in [0.4, 0.5) is 5.13 Å². The molecule has 6 nitrogen and oxygen atoms in total. The lowest BCUT2D eigenvalue weighted by molar-refractivity contribution is 0.178. The van der Waals surface area contributed by atoms with Gasteiger partial charge >= 0.3 is 0 Å². The van der Waals surface area contributed by atoms with Crippen LogP contribution in [0.5, 0.6) is 0 Å². The van der Waals surface area contributed by atoms with E-state index in [1.165, 1.54) is 0 Å². The molecule has 0 spiro atoms. The van der Waals surface area contributed by atoms with E-state index in [4.69, 9.17) is 0 Å². The first kappa shape index (κ1) is 23.4. The molecule has 0 aromatic carbocycles. The molecule has 8 heteroatoms. The standard InChI is InChI=1S/C16H32N6S.HI/c1-12(2)22(13(3)4)9-8-18-15(17-5)19-10-14-11-23-16(20-14)21(6)7;/h11-13H,8-10H2,1-7H3,(H2,17,18,19);1H. The van der Waals surface area contributed by atoms with Crippen LogP contribution in [0.2, 0.25) is 0 Å². The molecule has 0 unspecified atom stereocenters. The third-order valence-corrected chi connectivity index (χ3v) is 4.63. The fraction of sp³-hybridized carbons (Fsp3) is 0.750. The average molecular weight is 468 g/mol. The third kappa shape index (κ3) is 7.98. The van der Waals surface area contributed by atoms with Crippen molar-refractivity contribution in [1.82, 2.24) is 20.5 Å². The van der Waals surface area contributed by atoms with E-state index in [1.807, 2.05) is 19.0 Å². The molecule has 0 saturated carbocycles. The Kier molecular flexibility index (Phi) is 11.6. The van der Waals surface area contributed by atoms with Crippen LogP contribution in [0.25, 0.3) is 0 Å². The van der Waals surface area contributed by atoms with Crippen molar-refractivity contribution in [2.45, 2.75) is 46.3 Å². The van der Waals surface area contributed by atoms with E-state index >= 15 is 0 Å². The summed E-state index contributed by atoms with van der Waals surface area (Å²) in [6, 6.07) is 1.09. The highest BCUT2D eigenvalue weighted by Crippen LogP contribution is 2.17. The second-order valence-corrected chi connectivity index (χ2v) is 7.13. The van der Waals surface area contributed by atoms with Crippen molar-refractivity contribution in [3.63, 3.8) is 0 Å². The summed E-state index contributed by atoms with van der Waals surface area (Å²) in [5, 5.41) is 9.79. The molecule has 0 amide bonds. The number of halogens is 1. The van der Waals surface area contributed by atoms with Gasteiger partial charge in [-0.05, 0) is 27.7 Å². The Labute approximate surface area is 168 Å². The van der Waals surface area contributed by atoms with Crippen LogP contribution in [0.3, 0.4) is 0 Å². The van der Waals surface area contributed by atoms with E-state index in [2.05, 4.69) is 58.6 Å². The van der Waals surface area contributed by atoms with Crippen LogP contribution < -0.4 is 15.5 Å². The third-order valence-electron chi connectivity index (χ3n) is 3.57. The van der Waals surface area contributed by atoms with Crippen molar-refractivity contribution in [3.8, 4) is 0 Å². The van der Waals surface area contributed by atoms with E-state index < -0.39 is 0 Å². The summed E-state index contributed by atoms with van der Waals surface area (Å²) in [4.78, 5) is 13.3. The zero-order chi connectivity index (χ0) is 17.4. The van der Waals surface area contributed by atoms with Gasteiger partial charge in [-0.1, -0.05) is 0 Å². The van der Waals surface area contributed by atoms with Crippen molar-refractivity contribution >= 4 is 46.4 Å². The zero-order valence-corrected chi connectivity index (χ0v) is 19.1. The summed E-state index contributed by atoms with van der Waals surface area (Å²) in [5.41, 5.74) is 1.03. The first-order valence-corrected chi connectivity index (χ1v) is 9.05. The van der Waals surface area contributed by atoms with E-state index in [9.17, 15) is 0 Å². The Morgan fingerprint density at radius 1 is 1.21 bits per heavy atom. The van der Waals surface area contributed by atoms with E-state index in [-0.39, 0.29) is 24.0 Å². The molecule has 0 bridgehead atoms. The minimum absolute atomic E-state index is 0. The molecule has 0 radical (unpaired) electrons. The molecular weight excluding hydrogens is 435 g/mol. The summed E-state index contributed by atoms with van der Waals surface area (Å²) >= 11 is 1.65. The lowest BCUT2D eigenvalue weighted by atomic mass is 10.2. The molecule has 1 rings (SSSR count). The van der Waals surface area contributed by atoms with Gasteiger partial charge in [0, 0.05) is 51.7 Å². The number of aliphatic imine (C=N–C) groups is 1. The van der Waals surface area contributed by atoms with Crippen LogP contribution in [0.15, 0.2) is 10.4 Å². The van der Waals surface area contributed by atoms with Gasteiger partial charge in [-0.3, -0.25) is 9.89 Å². The topological polar surface area (TPSA) is 55.8 Å². The Bertz CT molecular complexity index is 479. The number of hydrogen-bond donors (Lipinski definition) is 2. The fourth-order valence-electron chi connectivity index (χ4n) is 2.39. The van der Waals surface area contributed by atoms with Gasteiger partial charge in [-0.25, -0.2) is 4.98 Å². The Morgan fingerprint density at radius 3 is 2.29 bits per heavy atom. The summed E-state index contributed by atoms with van der Waals surface area (Å²) in [5.74, 6) is 0.817. The molecule has 1 aromatic rings. The van der Waals surface area contributed by atoms with Gasteiger partial charge in [0.05, 0.1) is 12.2 Å². The van der Waals surface area contributed by atoms with Gasteiger partial charge in [0.2, 0.25) is 0 Å². The summed E-state index contributed by atoms with van der Waals surface area (Å²) in [6.07, 6.45) is 0. The number of aromatic nitrogens is 1. The Hall–Kier alpha value is -0.610. The summed E-state index contributed by atoms with van der Waals surface area (Å²) in [6.45, 7) is 11.5. The van der Waals surface area contributed by atoms with Crippen molar-refractivity contribution < 1.29 is 0 Å². The second-order valence-electron chi connectivity index (χ2n) is 6.29. The summed E-state index contributed by atoms with van der Waals surface area (Å²) < 4.78 is 0. The molecule has 1 aromatic heterocycles. The lowest BCUT2D eigenvalue weighted by Crippen LogP contribution is -2.45. The quantitative estimate of drug-likeness (QED) is 0.349. The molecule has 0 aliphatic heterocycles. The molecule has 0 fully saturated rings. The van der Waals surface area contributed by atoms with E-state index in [0.717, 1.165) is 29.9 Å². The van der Waals surface area contributed by atoms with Gasteiger partial charge in [0.1, 0.15) is 0 Å². The molecule has 140 valence electrons. The fourth-order valence-corrected chi connectivity index (χ4v) is 3.15. The molecule has 0 aliphatic carbocycles. The van der Waals surface area contributed by atoms with Crippen molar-refractivity contribution in [3.05, 3.63) is 11.1 Å². The number of nitrogens with zero attached hydrogens (tertiary/aromatic N) is 4. The Morgan fingerprint density at radius 2 is 1.83 bits per heavy atom. The van der Waals surface area contributed by atoms with Gasteiger partial charge in [-0.15, -0.1) is 35.3 Å². The average Bonchev–Trinajstić information content (AvgIpc) is 2.94. The predicted molar refractivity (Wildman–Crippen MR) is 117 cm³/mol.